The van der Waals surface area contributed by atoms with Crippen LogP contribution in [0.15, 0.2) is 30.3 Å². The molecule has 2 rings (SSSR count). The van der Waals surface area contributed by atoms with Crippen molar-refractivity contribution in [3.05, 3.63) is 51.8 Å². The highest BCUT2D eigenvalue weighted by Gasteiger charge is 2.10. The number of ether oxygens (including phenoxy) is 1. The minimum Gasteiger partial charge on any atom is -0.452 e. The molecular formula is C13H7Cl2FN2O. The van der Waals surface area contributed by atoms with Gasteiger partial charge in [0.1, 0.15) is 0 Å². The lowest BCUT2D eigenvalue weighted by molar-refractivity contribution is 0.444. The fraction of sp³-hybridized carbons (Fsp3) is 0. The highest BCUT2D eigenvalue weighted by Crippen LogP contribution is 2.35. The minimum atomic E-state index is -0.662. The smallest absolute Gasteiger partial charge is 0.167 e. The average Bonchev–Trinajstić information content (AvgIpc) is 2.38. The monoisotopic (exact) mass is 296 g/mol. The number of nitriles is 1. The number of hydrogen-bond acceptors (Lipinski definition) is 3. The lowest BCUT2D eigenvalue weighted by Gasteiger charge is -2.10. The molecule has 0 amide bonds. The third kappa shape index (κ3) is 2.90. The van der Waals surface area contributed by atoms with E-state index in [4.69, 9.17) is 38.9 Å². The van der Waals surface area contributed by atoms with Crippen molar-refractivity contribution in [2.24, 2.45) is 0 Å². The summed E-state index contributed by atoms with van der Waals surface area (Å²) in [5.41, 5.74) is 6.14. The summed E-state index contributed by atoms with van der Waals surface area (Å²) in [4.78, 5) is 0. The summed E-state index contributed by atoms with van der Waals surface area (Å²) in [5, 5.41) is 9.18. The molecule has 0 radical (unpaired) electrons. The summed E-state index contributed by atoms with van der Waals surface area (Å²) in [6.45, 7) is 0. The van der Waals surface area contributed by atoms with E-state index in [1.807, 2.05) is 6.07 Å². The molecule has 96 valence electrons. The van der Waals surface area contributed by atoms with Gasteiger partial charge < -0.3 is 10.5 Å². The molecule has 3 nitrogen and oxygen atoms in total. The van der Waals surface area contributed by atoms with E-state index in [0.717, 1.165) is 6.07 Å². The van der Waals surface area contributed by atoms with Crippen LogP contribution in [0.5, 0.6) is 11.5 Å². The number of rotatable bonds is 2. The molecule has 2 N–H and O–H groups in total. The molecule has 0 fully saturated rings. The van der Waals surface area contributed by atoms with Gasteiger partial charge in [0.2, 0.25) is 0 Å². The maximum Gasteiger partial charge on any atom is 0.167 e. The van der Waals surface area contributed by atoms with Gasteiger partial charge in [0.25, 0.3) is 0 Å². The molecule has 0 aliphatic rings. The zero-order valence-electron chi connectivity index (χ0n) is 9.45. The summed E-state index contributed by atoms with van der Waals surface area (Å²) < 4.78 is 19.0. The Bertz CT molecular complexity index is 683. The first-order valence-corrected chi connectivity index (χ1v) is 5.89. The number of benzene rings is 2. The predicted octanol–water partition coefficient (Wildman–Crippen LogP) is 4.38. The molecule has 0 heterocycles. The van der Waals surface area contributed by atoms with Crippen molar-refractivity contribution in [3.63, 3.8) is 0 Å². The molecule has 0 bridgehead atoms. The fourth-order valence-corrected chi connectivity index (χ4v) is 1.73. The predicted molar refractivity (Wildman–Crippen MR) is 72.1 cm³/mol. The van der Waals surface area contributed by atoms with Crippen molar-refractivity contribution in [1.82, 2.24) is 0 Å². The first-order valence-electron chi connectivity index (χ1n) is 5.13. The molecule has 0 atom stereocenters. The van der Waals surface area contributed by atoms with Crippen molar-refractivity contribution >= 4 is 28.9 Å². The van der Waals surface area contributed by atoms with Crippen LogP contribution in [-0.4, -0.2) is 0 Å². The first-order chi connectivity index (χ1) is 9.01. The SMILES string of the molecule is N#Cc1ccc(Oc2cc(Cl)c(Cl)cc2N)c(F)c1. The fourth-order valence-electron chi connectivity index (χ4n) is 1.40. The van der Waals surface area contributed by atoms with Crippen LogP contribution in [0.2, 0.25) is 10.0 Å². The average molecular weight is 297 g/mol. The van der Waals surface area contributed by atoms with E-state index in [2.05, 4.69) is 0 Å². The van der Waals surface area contributed by atoms with Crippen LogP contribution in [0.4, 0.5) is 10.1 Å². The summed E-state index contributed by atoms with van der Waals surface area (Å²) in [5.74, 6) is -0.522. The lowest BCUT2D eigenvalue weighted by Crippen LogP contribution is -1.94. The van der Waals surface area contributed by atoms with E-state index < -0.39 is 5.82 Å². The number of nitrogens with two attached hydrogens (primary N) is 1. The highest BCUT2D eigenvalue weighted by molar-refractivity contribution is 6.42. The Balaban J connectivity index is 2.37. The quantitative estimate of drug-likeness (QED) is 0.837. The molecule has 19 heavy (non-hydrogen) atoms. The van der Waals surface area contributed by atoms with Crippen LogP contribution >= 0.6 is 23.2 Å². The van der Waals surface area contributed by atoms with E-state index >= 15 is 0 Å². The second-order valence-electron chi connectivity index (χ2n) is 3.66. The molecule has 0 aromatic heterocycles. The van der Waals surface area contributed by atoms with Crippen LogP contribution in [0.1, 0.15) is 5.56 Å². The molecule has 0 aliphatic carbocycles. The highest BCUT2D eigenvalue weighted by atomic mass is 35.5. The molecule has 0 spiro atoms. The van der Waals surface area contributed by atoms with Crippen LogP contribution < -0.4 is 10.5 Å². The summed E-state index contributed by atoms with van der Waals surface area (Å²) in [6, 6.07) is 8.50. The molecule has 6 heteroatoms. The normalized spacial score (nSPS) is 10.0. The van der Waals surface area contributed by atoms with E-state index in [1.165, 1.54) is 24.3 Å². The van der Waals surface area contributed by atoms with Gasteiger partial charge >= 0.3 is 0 Å². The molecule has 0 unspecified atom stereocenters. The lowest BCUT2D eigenvalue weighted by atomic mass is 10.2. The Morgan fingerprint density at radius 2 is 1.79 bits per heavy atom. The molecule has 0 aliphatic heterocycles. The second kappa shape index (κ2) is 5.35. The molecule has 2 aromatic rings. The number of halogens is 3. The van der Waals surface area contributed by atoms with Crippen LogP contribution in [0.25, 0.3) is 0 Å². The van der Waals surface area contributed by atoms with Crippen LogP contribution in [0.3, 0.4) is 0 Å². The van der Waals surface area contributed by atoms with Gasteiger partial charge in [0, 0.05) is 6.07 Å². The van der Waals surface area contributed by atoms with Gasteiger partial charge in [-0.05, 0) is 24.3 Å². The summed E-state index contributed by atoms with van der Waals surface area (Å²) in [6.07, 6.45) is 0. The number of anilines is 1. The second-order valence-corrected chi connectivity index (χ2v) is 4.48. The van der Waals surface area contributed by atoms with Crippen molar-refractivity contribution in [2.45, 2.75) is 0 Å². The number of nitrogens with zero attached hydrogens (tertiary/aromatic N) is 1. The third-order valence-electron chi connectivity index (χ3n) is 2.33. The summed E-state index contributed by atoms with van der Waals surface area (Å²) in [7, 11) is 0. The summed E-state index contributed by atoms with van der Waals surface area (Å²) >= 11 is 11.6. The number of hydrogen-bond donors (Lipinski definition) is 1. The van der Waals surface area contributed by atoms with Gasteiger partial charge in [-0.2, -0.15) is 5.26 Å². The van der Waals surface area contributed by atoms with Crippen LogP contribution in [-0.2, 0) is 0 Å². The Labute approximate surface area is 118 Å². The van der Waals surface area contributed by atoms with Crippen molar-refractivity contribution in [1.29, 1.82) is 5.26 Å². The van der Waals surface area contributed by atoms with Crippen molar-refractivity contribution in [3.8, 4) is 17.6 Å². The standard InChI is InChI=1S/C13H7Cl2FN2O/c14-8-4-11(18)13(5-9(8)15)19-12-2-1-7(6-17)3-10(12)16/h1-5H,18H2. The van der Waals surface area contributed by atoms with Gasteiger partial charge in [-0.15, -0.1) is 0 Å². The van der Waals surface area contributed by atoms with Crippen LogP contribution in [0, 0.1) is 17.1 Å². The van der Waals surface area contributed by atoms with Crippen molar-refractivity contribution in [2.75, 3.05) is 5.73 Å². The van der Waals surface area contributed by atoms with Gasteiger partial charge in [-0.1, -0.05) is 23.2 Å². The maximum atomic E-state index is 13.7. The number of nitrogen functional groups attached to an aromatic ring is 1. The Morgan fingerprint density at radius 1 is 1.11 bits per heavy atom. The Kier molecular flexibility index (Phi) is 3.79. The molecular weight excluding hydrogens is 290 g/mol. The largest absolute Gasteiger partial charge is 0.452 e. The third-order valence-corrected chi connectivity index (χ3v) is 3.06. The zero-order chi connectivity index (χ0) is 14.0. The Hall–Kier alpha value is -1.96. The van der Waals surface area contributed by atoms with Gasteiger partial charge in [-0.3, -0.25) is 0 Å². The van der Waals surface area contributed by atoms with Crippen molar-refractivity contribution < 1.29 is 9.13 Å². The van der Waals surface area contributed by atoms with Gasteiger partial charge in [0.05, 0.1) is 27.4 Å². The van der Waals surface area contributed by atoms with Gasteiger partial charge in [-0.25, -0.2) is 4.39 Å². The van der Waals surface area contributed by atoms with E-state index in [1.54, 1.807) is 0 Å². The van der Waals surface area contributed by atoms with Gasteiger partial charge in [0.15, 0.2) is 17.3 Å². The molecule has 2 aromatic carbocycles. The minimum absolute atomic E-state index is 0.0518. The topological polar surface area (TPSA) is 59.0 Å². The molecule has 0 saturated carbocycles. The maximum absolute atomic E-state index is 13.7. The zero-order valence-corrected chi connectivity index (χ0v) is 11.0. The van der Waals surface area contributed by atoms with E-state index in [0.29, 0.717) is 0 Å². The Morgan fingerprint density at radius 3 is 2.42 bits per heavy atom. The molecule has 0 saturated heterocycles. The van der Waals surface area contributed by atoms with E-state index in [-0.39, 0.29) is 32.8 Å². The first kappa shape index (κ1) is 13.5. The van der Waals surface area contributed by atoms with E-state index in [9.17, 15) is 4.39 Å².